The third kappa shape index (κ3) is 3.38. The van der Waals surface area contributed by atoms with Gasteiger partial charge in [0.1, 0.15) is 5.15 Å². The molecule has 0 unspecified atom stereocenters. The molecule has 1 rings (SSSR count). The van der Waals surface area contributed by atoms with E-state index in [1.807, 2.05) is 6.26 Å². The first-order chi connectivity index (χ1) is 7.49. The van der Waals surface area contributed by atoms with Crippen molar-refractivity contribution in [3.05, 3.63) is 11.5 Å². The number of sulfonamides is 1. The minimum Gasteiger partial charge on any atom is -0.324 e. The molecule has 0 saturated heterocycles. The van der Waals surface area contributed by atoms with E-state index in [1.165, 1.54) is 10.9 Å². The van der Waals surface area contributed by atoms with Crippen LogP contribution < -0.4 is 4.72 Å². The molecule has 0 spiro atoms. The van der Waals surface area contributed by atoms with Crippen LogP contribution in [0.3, 0.4) is 0 Å². The van der Waals surface area contributed by atoms with Crippen molar-refractivity contribution in [3.8, 4) is 0 Å². The summed E-state index contributed by atoms with van der Waals surface area (Å²) in [6, 6.07) is 0. The predicted molar refractivity (Wildman–Crippen MR) is 66.4 cm³/mol. The van der Waals surface area contributed by atoms with Gasteiger partial charge in [0.05, 0.1) is 6.33 Å². The maximum Gasteiger partial charge on any atom is 0.261 e. The van der Waals surface area contributed by atoms with Crippen molar-refractivity contribution in [3.63, 3.8) is 0 Å². The van der Waals surface area contributed by atoms with E-state index in [2.05, 4.69) is 9.71 Å². The lowest BCUT2D eigenvalue weighted by molar-refractivity contribution is 0.578. The van der Waals surface area contributed by atoms with E-state index in [0.717, 1.165) is 12.2 Å². The van der Waals surface area contributed by atoms with Crippen molar-refractivity contribution in [1.29, 1.82) is 0 Å². The Morgan fingerprint density at radius 1 is 1.62 bits per heavy atom. The van der Waals surface area contributed by atoms with Crippen LogP contribution >= 0.6 is 23.4 Å². The van der Waals surface area contributed by atoms with Crippen molar-refractivity contribution < 1.29 is 8.42 Å². The lowest BCUT2D eigenvalue weighted by Crippen LogP contribution is -2.25. The summed E-state index contributed by atoms with van der Waals surface area (Å²) in [5, 5.41) is 0.0122. The SMILES string of the molecule is CSCCCNS(=O)(=O)c1ncn(C)c1Cl. The average molecular weight is 284 g/mol. The molecule has 0 radical (unpaired) electrons. The Morgan fingerprint density at radius 2 is 2.31 bits per heavy atom. The molecule has 1 aromatic rings. The molecule has 0 aromatic carbocycles. The van der Waals surface area contributed by atoms with Crippen LogP contribution in [0, 0.1) is 0 Å². The highest BCUT2D eigenvalue weighted by atomic mass is 35.5. The molecule has 8 heteroatoms. The van der Waals surface area contributed by atoms with Gasteiger partial charge in [0, 0.05) is 13.6 Å². The van der Waals surface area contributed by atoms with E-state index in [0.29, 0.717) is 6.54 Å². The van der Waals surface area contributed by atoms with Gasteiger partial charge < -0.3 is 4.57 Å². The van der Waals surface area contributed by atoms with Crippen LogP contribution in [-0.2, 0) is 17.1 Å². The third-order valence-electron chi connectivity index (χ3n) is 1.91. The quantitative estimate of drug-likeness (QED) is 0.794. The number of hydrogen-bond acceptors (Lipinski definition) is 4. The van der Waals surface area contributed by atoms with E-state index >= 15 is 0 Å². The molecule has 92 valence electrons. The Labute approximate surface area is 105 Å². The van der Waals surface area contributed by atoms with Crippen LogP contribution in [0.4, 0.5) is 0 Å². The number of aryl methyl sites for hydroxylation is 1. The number of nitrogens with one attached hydrogen (secondary N) is 1. The zero-order valence-electron chi connectivity index (χ0n) is 9.10. The number of nitrogens with zero attached hydrogens (tertiary/aromatic N) is 2. The number of imidazole rings is 1. The molecular weight excluding hydrogens is 270 g/mol. The van der Waals surface area contributed by atoms with Crippen LogP contribution in [0.5, 0.6) is 0 Å². The molecule has 0 fully saturated rings. The van der Waals surface area contributed by atoms with E-state index in [9.17, 15) is 8.42 Å². The number of aromatic nitrogens is 2. The van der Waals surface area contributed by atoms with Crippen LogP contribution in [0.25, 0.3) is 0 Å². The van der Waals surface area contributed by atoms with Gasteiger partial charge in [-0.15, -0.1) is 0 Å². The monoisotopic (exact) mass is 283 g/mol. The fourth-order valence-electron chi connectivity index (χ4n) is 1.07. The van der Waals surface area contributed by atoms with Crippen molar-refractivity contribution in [1.82, 2.24) is 14.3 Å². The summed E-state index contributed by atoms with van der Waals surface area (Å²) in [5.74, 6) is 0.915. The smallest absolute Gasteiger partial charge is 0.261 e. The molecule has 1 aromatic heterocycles. The Morgan fingerprint density at radius 3 is 2.81 bits per heavy atom. The van der Waals surface area contributed by atoms with Gasteiger partial charge in [0.2, 0.25) is 5.03 Å². The summed E-state index contributed by atoms with van der Waals surface area (Å²) >= 11 is 7.49. The van der Waals surface area contributed by atoms with E-state index in [-0.39, 0.29) is 10.2 Å². The van der Waals surface area contributed by atoms with Crippen molar-refractivity contribution in [2.45, 2.75) is 11.4 Å². The summed E-state index contributed by atoms with van der Waals surface area (Å²) in [6.07, 6.45) is 4.13. The second kappa shape index (κ2) is 5.90. The number of hydrogen-bond donors (Lipinski definition) is 1. The fourth-order valence-corrected chi connectivity index (χ4v) is 3.00. The van der Waals surface area contributed by atoms with E-state index < -0.39 is 10.0 Å². The summed E-state index contributed by atoms with van der Waals surface area (Å²) in [5.41, 5.74) is 0. The van der Waals surface area contributed by atoms with Gasteiger partial charge >= 0.3 is 0 Å². The van der Waals surface area contributed by atoms with Crippen molar-refractivity contribution in [2.75, 3.05) is 18.6 Å². The lowest BCUT2D eigenvalue weighted by Gasteiger charge is -2.04. The summed E-state index contributed by atoms with van der Waals surface area (Å²) in [4.78, 5) is 3.76. The second-order valence-corrected chi connectivity index (χ2v) is 6.22. The van der Waals surface area contributed by atoms with Crippen LogP contribution in [0.2, 0.25) is 5.15 Å². The molecule has 0 saturated carbocycles. The number of halogens is 1. The topological polar surface area (TPSA) is 64.0 Å². The van der Waals surface area contributed by atoms with Gasteiger partial charge in [-0.2, -0.15) is 11.8 Å². The molecule has 0 aliphatic heterocycles. The third-order valence-corrected chi connectivity index (χ3v) is 4.55. The minimum absolute atomic E-state index is 0.110. The molecule has 16 heavy (non-hydrogen) atoms. The Hall–Kier alpha value is -0.240. The molecule has 1 N–H and O–H groups in total. The summed E-state index contributed by atoms with van der Waals surface area (Å²) < 4.78 is 27.4. The Balaban J connectivity index is 2.68. The van der Waals surface area contributed by atoms with Gasteiger partial charge in [-0.05, 0) is 18.4 Å². The highest BCUT2D eigenvalue weighted by Crippen LogP contribution is 2.17. The second-order valence-electron chi connectivity index (χ2n) is 3.20. The summed E-state index contributed by atoms with van der Waals surface area (Å²) in [6.45, 7) is 0.399. The lowest BCUT2D eigenvalue weighted by atomic mass is 10.5. The Bertz CT molecular complexity index is 444. The maximum absolute atomic E-state index is 11.8. The van der Waals surface area contributed by atoms with Crippen molar-refractivity contribution >= 4 is 33.4 Å². The first-order valence-corrected chi connectivity index (χ1v) is 7.90. The standard InChI is InChI=1S/C8H14ClN3O2S2/c1-12-6-10-8(7(12)9)16(13,14)11-4-3-5-15-2/h6,11H,3-5H2,1-2H3. The largest absolute Gasteiger partial charge is 0.324 e. The maximum atomic E-state index is 11.8. The van der Waals surface area contributed by atoms with E-state index in [4.69, 9.17) is 11.6 Å². The fraction of sp³-hybridized carbons (Fsp3) is 0.625. The van der Waals surface area contributed by atoms with Crippen LogP contribution in [0.15, 0.2) is 11.4 Å². The van der Waals surface area contributed by atoms with Gasteiger partial charge in [0.15, 0.2) is 0 Å². The highest BCUT2D eigenvalue weighted by Gasteiger charge is 2.21. The number of thioether (sulfide) groups is 1. The minimum atomic E-state index is -3.57. The first-order valence-electron chi connectivity index (χ1n) is 4.64. The van der Waals surface area contributed by atoms with Gasteiger partial charge in [0.25, 0.3) is 10.0 Å². The van der Waals surface area contributed by atoms with Crippen molar-refractivity contribution in [2.24, 2.45) is 7.05 Å². The average Bonchev–Trinajstić information content (AvgIpc) is 2.55. The molecule has 0 amide bonds. The van der Waals surface area contributed by atoms with Crippen LogP contribution in [0.1, 0.15) is 6.42 Å². The Kier molecular flexibility index (Phi) is 5.10. The molecule has 0 aliphatic carbocycles. The van der Waals surface area contributed by atoms with E-state index in [1.54, 1.807) is 18.8 Å². The van der Waals surface area contributed by atoms with Gasteiger partial charge in [-0.25, -0.2) is 18.1 Å². The zero-order valence-corrected chi connectivity index (χ0v) is 11.5. The molecule has 5 nitrogen and oxygen atoms in total. The highest BCUT2D eigenvalue weighted by molar-refractivity contribution is 7.98. The summed E-state index contributed by atoms with van der Waals surface area (Å²) in [7, 11) is -1.93. The normalized spacial score (nSPS) is 11.9. The number of rotatable bonds is 6. The van der Waals surface area contributed by atoms with Crippen LogP contribution in [-0.4, -0.2) is 36.5 Å². The first kappa shape index (κ1) is 13.8. The molecule has 0 aliphatic rings. The zero-order chi connectivity index (χ0) is 12.2. The molecule has 0 bridgehead atoms. The molecule has 1 heterocycles. The van der Waals surface area contributed by atoms with Gasteiger partial charge in [-0.1, -0.05) is 11.6 Å². The molecular formula is C8H14ClN3O2S2. The molecule has 0 atom stereocenters. The predicted octanol–water partition coefficient (Wildman–Crippen LogP) is 1.10. The van der Waals surface area contributed by atoms with Gasteiger partial charge in [-0.3, -0.25) is 0 Å².